The second-order valence-electron chi connectivity index (χ2n) is 4.14. The fraction of sp³-hybridized carbons (Fsp3) is 0.0667. The van der Waals surface area contributed by atoms with E-state index in [1.165, 1.54) is 0 Å². The molecule has 0 aliphatic carbocycles. The van der Waals surface area contributed by atoms with Crippen LogP contribution in [0.15, 0.2) is 48.5 Å². The molecule has 0 aliphatic heterocycles. The summed E-state index contributed by atoms with van der Waals surface area (Å²) in [5, 5.41) is 0. The zero-order chi connectivity index (χ0) is 15.2. The van der Waals surface area contributed by atoms with Gasteiger partial charge >= 0.3 is 5.97 Å². The Labute approximate surface area is 136 Å². The molecule has 0 aromatic heterocycles. The van der Waals surface area contributed by atoms with Gasteiger partial charge in [0.25, 0.3) is 0 Å². The molecule has 0 radical (unpaired) electrons. The highest BCUT2D eigenvalue weighted by atomic mass is 127. The Bertz CT molecular complexity index is 599. The van der Waals surface area contributed by atoms with Gasteiger partial charge in [-0.1, -0.05) is 12.1 Å². The van der Waals surface area contributed by atoms with Crippen molar-refractivity contribution in [1.82, 2.24) is 5.48 Å². The van der Waals surface area contributed by atoms with Crippen molar-refractivity contribution >= 4 is 28.6 Å². The van der Waals surface area contributed by atoms with E-state index in [4.69, 9.17) is 15.3 Å². The number of rotatable bonds is 5. The van der Waals surface area contributed by atoms with Crippen LogP contribution in [-0.4, -0.2) is 13.1 Å². The summed E-state index contributed by atoms with van der Waals surface area (Å²) in [7, 11) is 1.59. The predicted molar refractivity (Wildman–Crippen MR) is 87.2 cm³/mol. The molecule has 0 aliphatic rings. The number of carbonyl (C=O) groups excluding carboxylic acids is 1. The molecule has 0 saturated heterocycles. The maximum atomic E-state index is 11.8. The van der Waals surface area contributed by atoms with E-state index >= 15 is 0 Å². The molecule has 0 bridgehead atoms. The van der Waals surface area contributed by atoms with Crippen LogP contribution >= 0.6 is 22.6 Å². The van der Waals surface area contributed by atoms with Crippen LogP contribution in [0.4, 0.5) is 0 Å². The normalized spacial score (nSPS) is 10.0. The van der Waals surface area contributed by atoms with Crippen molar-refractivity contribution in [3.63, 3.8) is 0 Å². The smallest absolute Gasteiger partial charge is 0.356 e. The zero-order valence-electron chi connectivity index (χ0n) is 11.3. The highest BCUT2D eigenvalue weighted by Crippen LogP contribution is 2.14. The summed E-state index contributed by atoms with van der Waals surface area (Å²) in [6.45, 7) is 0. The highest BCUT2D eigenvalue weighted by molar-refractivity contribution is 14.1. The number of methoxy groups -OCH3 is 1. The molecule has 0 unspecified atom stereocenters. The third kappa shape index (κ3) is 4.35. The maximum absolute atomic E-state index is 11.8. The number of hydrogen-bond donors (Lipinski definition) is 2. The number of carbonyl (C=O) groups is 1. The topological polar surface area (TPSA) is 73.6 Å². The quantitative estimate of drug-likeness (QED) is 0.461. The van der Waals surface area contributed by atoms with Crippen LogP contribution in [0.2, 0.25) is 0 Å². The van der Waals surface area contributed by atoms with Crippen LogP contribution < -0.4 is 16.0 Å². The fourth-order valence-corrected chi connectivity index (χ4v) is 1.94. The number of nitrogens with two attached hydrogens (primary N) is 1. The summed E-state index contributed by atoms with van der Waals surface area (Å²) >= 11 is 2.16. The molecule has 5 nitrogen and oxygen atoms in total. The lowest BCUT2D eigenvalue weighted by molar-refractivity contribution is 0.0280. The number of ether oxygens (including phenoxy) is 1. The van der Waals surface area contributed by atoms with Crippen LogP contribution in [0.1, 0.15) is 15.9 Å². The average Bonchev–Trinajstić information content (AvgIpc) is 2.53. The first-order valence-corrected chi connectivity index (χ1v) is 7.17. The van der Waals surface area contributed by atoms with Crippen molar-refractivity contribution in [2.75, 3.05) is 7.11 Å². The van der Waals surface area contributed by atoms with E-state index in [9.17, 15) is 4.79 Å². The van der Waals surface area contributed by atoms with Crippen LogP contribution in [-0.2, 0) is 4.84 Å². The lowest BCUT2D eigenvalue weighted by Crippen LogP contribution is -2.32. The van der Waals surface area contributed by atoms with Crippen LogP contribution in [0.5, 0.6) is 5.75 Å². The molecular formula is C15H14IN2O3-. The second kappa shape index (κ2) is 7.30. The number of benzene rings is 2. The SMILES string of the molecule is COc1ccc([C-](N)NOC(=O)c2ccc(I)cc2)cc1. The number of halogens is 1. The van der Waals surface area contributed by atoms with Gasteiger partial charge in [0.1, 0.15) is 0 Å². The van der Waals surface area contributed by atoms with E-state index in [0.29, 0.717) is 11.1 Å². The molecule has 0 saturated carbocycles. The number of hydroxylamine groups is 1. The minimum Gasteiger partial charge on any atom is -0.499 e. The molecule has 0 spiro atoms. The van der Waals surface area contributed by atoms with E-state index in [2.05, 4.69) is 28.1 Å². The Morgan fingerprint density at radius 3 is 2.33 bits per heavy atom. The second-order valence-corrected chi connectivity index (χ2v) is 5.39. The van der Waals surface area contributed by atoms with Gasteiger partial charge in [-0.15, -0.1) is 0 Å². The van der Waals surface area contributed by atoms with Crippen molar-refractivity contribution in [3.05, 3.63) is 69.4 Å². The lowest BCUT2D eigenvalue weighted by atomic mass is 10.2. The molecule has 3 N–H and O–H groups in total. The Hall–Kier alpha value is -1.77. The minimum absolute atomic E-state index is 0.247. The van der Waals surface area contributed by atoms with E-state index in [1.54, 1.807) is 43.5 Å². The molecule has 2 aromatic rings. The fourth-order valence-electron chi connectivity index (χ4n) is 1.58. The van der Waals surface area contributed by atoms with Gasteiger partial charge in [0.05, 0.1) is 18.4 Å². The lowest BCUT2D eigenvalue weighted by Gasteiger charge is -2.21. The first kappa shape index (κ1) is 15.6. The molecular weight excluding hydrogens is 383 g/mol. The van der Waals surface area contributed by atoms with Gasteiger partial charge in [-0.05, 0) is 53.0 Å². The zero-order valence-corrected chi connectivity index (χ0v) is 13.5. The van der Waals surface area contributed by atoms with Crippen molar-refractivity contribution in [2.24, 2.45) is 5.73 Å². The Balaban J connectivity index is 1.92. The van der Waals surface area contributed by atoms with Crippen LogP contribution in [0, 0.1) is 9.74 Å². The van der Waals surface area contributed by atoms with Gasteiger partial charge in [-0.25, -0.2) is 4.79 Å². The van der Waals surface area contributed by atoms with Crippen molar-refractivity contribution in [2.45, 2.75) is 0 Å². The summed E-state index contributed by atoms with van der Waals surface area (Å²) in [5.41, 5.74) is 9.42. The van der Waals surface area contributed by atoms with Gasteiger partial charge in [-0.3, -0.25) is 0 Å². The molecule has 0 fully saturated rings. The number of nitrogens with one attached hydrogen (secondary N) is 1. The van der Waals surface area contributed by atoms with Crippen molar-refractivity contribution in [1.29, 1.82) is 0 Å². The largest absolute Gasteiger partial charge is 0.499 e. The first-order chi connectivity index (χ1) is 10.1. The van der Waals surface area contributed by atoms with Gasteiger partial charge < -0.3 is 15.3 Å². The Morgan fingerprint density at radius 2 is 1.76 bits per heavy atom. The summed E-state index contributed by atoms with van der Waals surface area (Å²) < 4.78 is 6.10. The summed E-state index contributed by atoms with van der Waals surface area (Å²) in [4.78, 5) is 16.8. The molecule has 2 rings (SSSR count). The molecule has 0 atom stereocenters. The molecule has 0 amide bonds. The van der Waals surface area contributed by atoms with E-state index in [0.717, 1.165) is 9.32 Å². The van der Waals surface area contributed by atoms with Crippen LogP contribution in [0.25, 0.3) is 0 Å². The maximum Gasteiger partial charge on any atom is 0.356 e. The third-order valence-corrected chi connectivity index (χ3v) is 3.45. The summed E-state index contributed by atoms with van der Waals surface area (Å²) in [6.07, 6.45) is 0.247. The Kier molecular flexibility index (Phi) is 5.43. The van der Waals surface area contributed by atoms with Gasteiger partial charge in [0, 0.05) is 3.57 Å². The molecule has 2 aromatic carbocycles. The first-order valence-electron chi connectivity index (χ1n) is 6.10. The monoisotopic (exact) mass is 397 g/mol. The standard InChI is InChI=1S/C15H14IN2O3/c1-20-13-8-4-10(5-9-13)14(17)18-21-15(19)11-2-6-12(16)7-3-11/h2-9,18H,17H2,1H3/q-1. The summed E-state index contributed by atoms with van der Waals surface area (Å²) in [5.74, 6) is 0.227. The number of hydrogen-bond acceptors (Lipinski definition) is 5. The van der Waals surface area contributed by atoms with Gasteiger partial charge in [0.2, 0.25) is 0 Å². The summed E-state index contributed by atoms with van der Waals surface area (Å²) in [6, 6.07) is 14.1. The van der Waals surface area contributed by atoms with Crippen LogP contribution in [0.3, 0.4) is 0 Å². The molecule has 0 heterocycles. The average molecular weight is 397 g/mol. The predicted octanol–water partition coefficient (Wildman–Crippen LogP) is 2.46. The molecule has 6 heteroatoms. The third-order valence-electron chi connectivity index (χ3n) is 2.73. The van der Waals surface area contributed by atoms with Gasteiger partial charge in [-0.2, -0.15) is 23.2 Å². The highest BCUT2D eigenvalue weighted by Gasteiger charge is 2.07. The minimum atomic E-state index is -0.497. The Morgan fingerprint density at radius 1 is 1.14 bits per heavy atom. The molecule has 21 heavy (non-hydrogen) atoms. The molecule has 110 valence electrons. The van der Waals surface area contributed by atoms with Crippen molar-refractivity contribution < 1.29 is 14.4 Å². The van der Waals surface area contributed by atoms with E-state index in [-0.39, 0.29) is 6.17 Å². The van der Waals surface area contributed by atoms with E-state index in [1.807, 2.05) is 12.1 Å². The van der Waals surface area contributed by atoms with E-state index < -0.39 is 5.97 Å². The van der Waals surface area contributed by atoms with Gasteiger partial charge in [0.15, 0.2) is 0 Å². The van der Waals surface area contributed by atoms with Crippen molar-refractivity contribution in [3.8, 4) is 5.75 Å².